The molecule has 8 aliphatic rings. The second-order valence-corrected chi connectivity index (χ2v) is 29.6. The maximum atomic E-state index is 11.7. The van der Waals surface area contributed by atoms with Crippen LogP contribution in [-0.2, 0) is 92.4 Å². The van der Waals surface area contributed by atoms with Gasteiger partial charge in [0.15, 0.2) is 0 Å². The van der Waals surface area contributed by atoms with E-state index < -0.39 is 31.6 Å². The minimum Gasteiger partial charge on any atom is -0.478 e. The van der Waals surface area contributed by atoms with E-state index in [2.05, 4.69) is 34.2 Å². The number of non-ortho nitro benzene ring substituents is 2. The molecule has 0 bridgehead atoms. The van der Waals surface area contributed by atoms with Gasteiger partial charge in [-0.25, -0.2) is 19.6 Å². The molecule has 0 unspecified atom stereocenters. The molecule has 0 atom stereocenters. The van der Waals surface area contributed by atoms with Crippen molar-refractivity contribution in [1.29, 1.82) is 0 Å². The summed E-state index contributed by atoms with van der Waals surface area (Å²) in [5, 5.41) is 85.3. The molecule has 8 fully saturated rings. The molecule has 15 rings (SSSR count). The number of ketones is 1. The van der Waals surface area contributed by atoms with Crippen LogP contribution in [0, 0.1) is 47.9 Å². The maximum absolute atomic E-state index is 11.7. The number of aliphatic hydroxyl groups excluding tert-OH is 4. The van der Waals surface area contributed by atoms with Crippen LogP contribution in [0.25, 0.3) is 0 Å². The fourth-order valence-electron chi connectivity index (χ4n) is 11.3. The summed E-state index contributed by atoms with van der Waals surface area (Å²) in [6.07, 6.45) is 17.4. The molecule has 121 heavy (non-hydrogen) atoms. The molecule has 5 aromatic carbocycles. The van der Waals surface area contributed by atoms with Crippen LogP contribution in [-0.4, -0.2) is 207 Å². The number of carbonyl (C=O) groups excluding carboxylic acids is 2. The normalized spacial score (nSPS) is 23.0. The number of carbonyl (C=O) groups is 3. The number of Topliss-reactive ketones (excluding diaryl/α,β-unsaturated/α-hetero) is 1. The third-order valence-corrected chi connectivity index (χ3v) is 20.2. The van der Waals surface area contributed by atoms with Crippen molar-refractivity contribution in [2.75, 3.05) is 42.7 Å². The largest absolute Gasteiger partial charge is 0.478 e. The SMILES string of the molecule is COC1CC(O)C1.COC1CC(O)C1.COC1CC(O)C1.COC1CC(OC(=O)c2ccc([N+](=O)[O-])cc2)C1.COC1CC(OCc2ccccc2)C1.COC1CC(Oc2ncc(Cl)cc2[N+](=O)[O-])C1.O=C(O)c1ccc([N+](=O)[O-])cc1.O=C1CC(OCc2ccccc2)C1.O=[N+]([O-])c1cc(Cl)cnc1Cl.OC1CC(OCc2ccccc2)C1.[CH3-].[Pd]. The van der Waals surface area contributed by atoms with Crippen LogP contribution in [0.4, 0.5) is 22.7 Å². The monoisotopic (exact) mass is 1840 g/mol. The summed E-state index contributed by atoms with van der Waals surface area (Å²) in [5.41, 5.74) is 3.33. The Morgan fingerprint density at radius 3 is 1.02 bits per heavy atom. The van der Waals surface area contributed by atoms with E-state index in [9.17, 15) is 54.8 Å². The first-order valence-corrected chi connectivity index (χ1v) is 39.3. The van der Waals surface area contributed by atoms with Gasteiger partial charge in [0.05, 0.1) is 146 Å². The number of aromatic carboxylic acids is 1. The molecule has 33 nitrogen and oxygen atoms in total. The van der Waals surface area contributed by atoms with E-state index in [1.165, 1.54) is 71.5 Å². The van der Waals surface area contributed by atoms with Gasteiger partial charge in [0.25, 0.3) is 17.3 Å². The first-order valence-electron chi connectivity index (χ1n) is 38.2. The molecule has 0 spiro atoms. The predicted molar refractivity (Wildman–Crippen MR) is 443 cm³/mol. The summed E-state index contributed by atoms with van der Waals surface area (Å²) >= 11 is 16.5. The van der Waals surface area contributed by atoms with Crippen LogP contribution in [0.2, 0.25) is 15.2 Å². The van der Waals surface area contributed by atoms with E-state index in [0.29, 0.717) is 80.8 Å². The summed E-state index contributed by atoms with van der Waals surface area (Å²) in [4.78, 5) is 79.3. The first kappa shape index (κ1) is 105. The van der Waals surface area contributed by atoms with E-state index >= 15 is 0 Å². The number of carboxylic acid groups (broad SMARTS) is 1. The Balaban J connectivity index is 0.000000286. The van der Waals surface area contributed by atoms with Crippen molar-refractivity contribution in [3.05, 3.63) is 255 Å². The van der Waals surface area contributed by atoms with Gasteiger partial charge in [-0.15, -0.1) is 0 Å². The third kappa shape index (κ3) is 39.2. The Morgan fingerprint density at radius 1 is 0.405 bits per heavy atom. The number of hydrogen-bond acceptors (Lipinski definition) is 28. The number of carboxylic acids is 1. The fourth-order valence-corrected chi connectivity index (χ4v) is 11.7. The topological polar surface area (TPSA) is 452 Å². The number of halogens is 3. The number of nitro groups is 4. The Morgan fingerprint density at radius 2 is 0.711 bits per heavy atom. The van der Waals surface area contributed by atoms with Crippen LogP contribution < -0.4 is 4.74 Å². The predicted octanol–water partition coefficient (Wildman–Crippen LogP) is 14.7. The summed E-state index contributed by atoms with van der Waals surface area (Å²) in [5.74, 6) is -1.22. The summed E-state index contributed by atoms with van der Waals surface area (Å²) in [7, 11) is 10.0. The smallest absolute Gasteiger partial charge is 0.338 e. The fraction of sp³-hybridized carbons (Fsp3) is 0.476. The van der Waals surface area contributed by atoms with E-state index in [0.717, 1.165) is 102 Å². The molecule has 5 N–H and O–H groups in total. The van der Waals surface area contributed by atoms with Gasteiger partial charge in [0.2, 0.25) is 5.15 Å². The second kappa shape index (κ2) is 56.2. The number of pyridine rings is 2. The standard InChI is InChI=1S/C12H13NO5.C12H16O2.C11H14O2.C11H12O2.C10H11ClN2O4.C7H5NO4.C5H2Cl2N2O2.3C5H10O2.CH3.Pd/c1-17-10-6-11(7-10)18-12(14)8-2-4-9(5-3-8)13(15)16;1-13-11-7-12(8-11)14-9-10-5-3-2-4-6-10;2*12-10-6-11(7-10)13-8-9-4-2-1-3-5-9;1-16-7-3-8(4-7)17-10-9(13(14)15)2-6(11)5-12-10;9-7(10)5-1-3-6(4-2-5)8(11)12;6-3-1-4(9(10)11)5(7)8-2-3;3*1-7-5-2-4(6)3-5;;/h2-5,10-11H,6-7H2,1H3;2-6,11-12H,7-9H2,1H3;1-5,10-12H,6-8H2;1-5,11H,6-8H2;2,5,7-8H,3-4H2,1H3;1-4H,(H,9,10);1-2H;3*4-6H,2-3H2,1H3;1H3;/q;;;;;;;;;;-1;. The van der Waals surface area contributed by atoms with Gasteiger partial charge in [0, 0.05) is 144 Å². The molecule has 666 valence electrons. The van der Waals surface area contributed by atoms with Crippen LogP contribution in [0.15, 0.2) is 164 Å². The Bertz CT molecular complexity index is 4100. The zero-order valence-corrected chi connectivity index (χ0v) is 71.9. The van der Waals surface area contributed by atoms with Crippen molar-refractivity contribution in [2.45, 2.75) is 214 Å². The number of esters is 1. The van der Waals surface area contributed by atoms with E-state index in [1.807, 2.05) is 66.7 Å². The zero-order chi connectivity index (χ0) is 86.9. The molecule has 8 aliphatic carbocycles. The van der Waals surface area contributed by atoms with Crippen LogP contribution in [0.5, 0.6) is 5.88 Å². The summed E-state index contributed by atoms with van der Waals surface area (Å²) in [6.45, 7) is 2.01. The van der Waals surface area contributed by atoms with Crippen molar-refractivity contribution < 1.29 is 132 Å². The second-order valence-electron chi connectivity index (χ2n) is 28.4. The van der Waals surface area contributed by atoms with Crippen molar-refractivity contribution in [1.82, 2.24) is 9.97 Å². The molecule has 37 heteroatoms. The Hall–Kier alpha value is -8.58. The minimum absolute atomic E-state index is 0. The molecule has 2 aromatic heterocycles. The van der Waals surface area contributed by atoms with Gasteiger partial charge in [-0.1, -0.05) is 126 Å². The quantitative estimate of drug-likeness (QED) is 0.00936. The molecule has 0 saturated heterocycles. The average Bonchev–Trinajstić information content (AvgIpc) is 0.819. The number of benzene rings is 5. The number of ether oxygens (including phenoxy) is 11. The van der Waals surface area contributed by atoms with Gasteiger partial charge in [-0.3, -0.25) is 45.3 Å². The Kier molecular flexibility index (Phi) is 48.7. The van der Waals surface area contributed by atoms with Crippen molar-refractivity contribution >= 4 is 75.3 Å². The van der Waals surface area contributed by atoms with Crippen LogP contribution >= 0.6 is 34.8 Å². The van der Waals surface area contributed by atoms with Gasteiger partial charge >= 0.3 is 23.3 Å². The molecule has 8 saturated carbocycles. The minimum atomic E-state index is -1.09. The van der Waals surface area contributed by atoms with Gasteiger partial charge in [-0.2, -0.15) is 0 Å². The molecule has 0 radical (unpaired) electrons. The maximum Gasteiger partial charge on any atom is 0.338 e. The zero-order valence-electron chi connectivity index (χ0n) is 68.0. The van der Waals surface area contributed by atoms with Gasteiger partial charge in [0.1, 0.15) is 18.0 Å². The van der Waals surface area contributed by atoms with Crippen LogP contribution in [0.3, 0.4) is 0 Å². The molecular formula is C84H106Cl3N6O27Pd-. The number of nitro benzene ring substituents is 2. The Labute approximate surface area is 730 Å². The third-order valence-electron chi connectivity index (χ3n) is 19.5. The molecule has 0 aliphatic heterocycles. The van der Waals surface area contributed by atoms with E-state index in [-0.39, 0.29) is 138 Å². The van der Waals surface area contributed by atoms with Crippen molar-refractivity contribution in [3.8, 4) is 5.88 Å². The number of rotatable bonds is 24. The number of nitrogens with zero attached hydrogens (tertiary/aromatic N) is 6. The average molecular weight is 1840 g/mol. The number of hydrogen-bond donors (Lipinski definition) is 5. The van der Waals surface area contributed by atoms with Gasteiger partial charge < -0.3 is 85.1 Å². The van der Waals surface area contributed by atoms with Gasteiger partial charge in [-0.05, 0) is 105 Å². The molecule has 7 aromatic rings. The summed E-state index contributed by atoms with van der Waals surface area (Å²) < 4.78 is 57.5. The number of aromatic nitrogens is 2. The molecule has 2 heterocycles. The molecular weight excluding hydrogens is 1740 g/mol. The van der Waals surface area contributed by atoms with Crippen molar-refractivity contribution in [3.63, 3.8) is 0 Å². The van der Waals surface area contributed by atoms with E-state index in [4.69, 9.17) is 112 Å². The summed E-state index contributed by atoms with van der Waals surface area (Å²) in [6, 6.07) is 42.9. The first-order chi connectivity index (χ1) is 57.0. The van der Waals surface area contributed by atoms with Crippen LogP contribution in [0.1, 0.15) is 140 Å². The number of aliphatic hydroxyl groups is 4. The van der Waals surface area contributed by atoms with Crippen molar-refractivity contribution in [2.24, 2.45) is 0 Å². The molecule has 0 amide bonds. The van der Waals surface area contributed by atoms with E-state index in [1.54, 1.807) is 42.7 Å². The number of methoxy groups -OCH3 is 6.